The third-order valence-corrected chi connectivity index (χ3v) is 4.92. The van der Waals surface area contributed by atoms with Crippen LogP contribution in [-0.2, 0) is 17.6 Å². The zero-order chi connectivity index (χ0) is 20.8. The first-order chi connectivity index (χ1) is 14.0. The second-order valence-electron chi connectivity index (χ2n) is 7.46. The van der Waals surface area contributed by atoms with E-state index in [-0.39, 0.29) is 18.5 Å². The average Bonchev–Trinajstić information content (AvgIpc) is 3.15. The minimum atomic E-state index is -0.163. The van der Waals surface area contributed by atoms with Crippen molar-refractivity contribution in [2.75, 3.05) is 18.9 Å². The number of anilines is 1. The number of hydrogen-bond acceptors (Lipinski definition) is 3. The van der Waals surface area contributed by atoms with Gasteiger partial charge in [-0.2, -0.15) is 5.10 Å². The van der Waals surface area contributed by atoms with Gasteiger partial charge in [0.2, 0.25) is 5.91 Å². The van der Waals surface area contributed by atoms with Crippen LogP contribution in [-0.4, -0.2) is 41.3 Å². The molecule has 0 saturated heterocycles. The Morgan fingerprint density at radius 2 is 2.28 bits per heavy atom. The highest BCUT2D eigenvalue weighted by Crippen LogP contribution is 2.21. The van der Waals surface area contributed by atoms with E-state index in [1.54, 1.807) is 13.1 Å². The molecular formula is C22H28N6O. The fourth-order valence-electron chi connectivity index (χ4n) is 3.34. The van der Waals surface area contributed by atoms with Gasteiger partial charge in [-0.25, -0.2) is 0 Å². The molecule has 1 aromatic heterocycles. The first kappa shape index (κ1) is 20.5. The van der Waals surface area contributed by atoms with Gasteiger partial charge in [-0.1, -0.05) is 12.0 Å². The monoisotopic (exact) mass is 392 g/mol. The number of benzene rings is 1. The fourth-order valence-corrected chi connectivity index (χ4v) is 3.34. The number of nitrogens with zero attached hydrogens (tertiary/aromatic N) is 3. The minimum Gasteiger partial charge on any atom is -0.353 e. The van der Waals surface area contributed by atoms with Crippen molar-refractivity contribution in [2.24, 2.45) is 4.99 Å². The molecule has 1 aromatic carbocycles. The number of carbonyl (C=O) groups excluding carboxylic acids is 1. The third kappa shape index (κ3) is 5.38. The van der Waals surface area contributed by atoms with Crippen LogP contribution >= 0.6 is 0 Å². The van der Waals surface area contributed by atoms with Crippen molar-refractivity contribution in [3.63, 3.8) is 0 Å². The highest BCUT2D eigenvalue weighted by atomic mass is 16.1. The van der Waals surface area contributed by atoms with Crippen LogP contribution in [0.4, 0.5) is 5.69 Å². The van der Waals surface area contributed by atoms with E-state index in [1.807, 2.05) is 22.9 Å². The van der Waals surface area contributed by atoms with Gasteiger partial charge in [-0.05, 0) is 50.5 Å². The largest absolute Gasteiger partial charge is 0.353 e. The van der Waals surface area contributed by atoms with Crippen molar-refractivity contribution in [3.8, 4) is 12.3 Å². The summed E-state index contributed by atoms with van der Waals surface area (Å²) in [5, 5.41) is 14.0. The number of hydrogen-bond donors (Lipinski definition) is 3. The van der Waals surface area contributed by atoms with Crippen molar-refractivity contribution in [2.45, 2.75) is 45.2 Å². The molecule has 2 aromatic rings. The maximum Gasteiger partial charge on any atom is 0.243 e. The van der Waals surface area contributed by atoms with Gasteiger partial charge in [0.15, 0.2) is 5.96 Å². The molecular weight excluding hydrogens is 364 g/mol. The van der Waals surface area contributed by atoms with Crippen LogP contribution in [0, 0.1) is 12.3 Å². The molecule has 3 rings (SSSR count). The number of aryl methyl sites for hydroxylation is 1. The van der Waals surface area contributed by atoms with E-state index < -0.39 is 0 Å². The van der Waals surface area contributed by atoms with Gasteiger partial charge < -0.3 is 16.0 Å². The topological polar surface area (TPSA) is 83.3 Å². The molecule has 1 amide bonds. The van der Waals surface area contributed by atoms with Crippen LogP contribution in [0.5, 0.6) is 0 Å². The quantitative estimate of drug-likeness (QED) is 0.413. The Morgan fingerprint density at radius 3 is 3.00 bits per heavy atom. The Balaban J connectivity index is 1.50. The van der Waals surface area contributed by atoms with Gasteiger partial charge in [-0.3, -0.25) is 14.5 Å². The lowest BCUT2D eigenvalue weighted by atomic mass is 9.94. The molecule has 29 heavy (non-hydrogen) atoms. The van der Waals surface area contributed by atoms with Gasteiger partial charge in [0.1, 0.15) is 0 Å². The number of carbonyl (C=O) groups is 1. The lowest BCUT2D eigenvalue weighted by molar-refractivity contribution is -0.115. The standard InChI is InChI=1S/C22H28N6O/c1-5-16-7-6-8-18(11-16)25-21(29)13-24-22(23-4)26-19-10-9-17-14-28(15(2)3)27-20(17)12-19/h1,6-8,11,14-15,19H,9-10,12-13H2,2-4H3,(H,25,29)(H2,23,24,26). The number of amides is 1. The molecule has 0 aliphatic heterocycles. The van der Waals surface area contributed by atoms with E-state index >= 15 is 0 Å². The first-order valence-electron chi connectivity index (χ1n) is 9.89. The predicted octanol–water partition coefficient (Wildman–Crippen LogP) is 2.11. The smallest absolute Gasteiger partial charge is 0.243 e. The Hall–Kier alpha value is -3.27. The van der Waals surface area contributed by atoms with Crippen molar-refractivity contribution >= 4 is 17.6 Å². The number of rotatable bonds is 5. The van der Waals surface area contributed by atoms with E-state index in [0.717, 1.165) is 30.5 Å². The zero-order valence-corrected chi connectivity index (χ0v) is 17.2. The van der Waals surface area contributed by atoms with Crippen LogP contribution in [0.15, 0.2) is 35.5 Å². The van der Waals surface area contributed by atoms with Gasteiger partial charge in [0.05, 0.1) is 12.2 Å². The molecule has 0 fully saturated rings. The molecule has 0 radical (unpaired) electrons. The summed E-state index contributed by atoms with van der Waals surface area (Å²) in [4.78, 5) is 16.5. The fraction of sp³-hybridized carbons (Fsp3) is 0.409. The number of terminal acetylenes is 1. The van der Waals surface area contributed by atoms with Crippen molar-refractivity contribution in [1.82, 2.24) is 20.4 Å². The number of aliphatic imine (C=N–C) groups is 1. The molecule has 1 heterocycles. The maximum absolute atomic E-state index is 12.2. The summed E-state index contributed by atoms with van der Waals surface area (Å²) in [6.45, 7) is 4.38. The molecule has 1 aliphatic carbocycles. The highest BCUT2D eigenvalue weighted by molar-refractivity contribution is 5.95. The van der Waals surface area contributed by atoms with E-state index in [4.69, 9.17) is 11.5 Å². The van der Waals surface area contributed by atoms with Gasteiger partial charge in [-0.15, -0.1) is 6.42 Å². The van der Waals surface area contributed by atoms with Crippen LogP contribution in [0.25, 0.3) is 0 Å². The second-order valence-corrected chi connectivity index (χ2v) is 7.46. The Morgan fingerprint density at radius 1 is 1.45 bits per heavy atom. The number of fused-ring (bicyclic) bond motifs is 1. The Labute approximate surface area is 172 Å². The Bertz CT molecular complexity index is 937. The zero-order valence-electron chi connectivity index (χ0n) is 17.2. The van der Waals surface area contributed by atoms with E-state index in [1.165, 1.54) is 5.56 Å². The van der Waals surface area contributed by atoms with Crippen molar-refractivity contribution in [3.05, 3.63) is 47.3 Å². The van der Waals surface area contributed by atoms with Crippen LogP contribution < -0.4 is 16.0 Å². The van der Waals surface area contributed by atoms with E-state index in [9.17, 15) is 4.79 Å². The lowest BCUT2D eigenvalue weighted by Crippen LogP contribution is -2.47. The molecule has 1 unspecified atom stereocenters. The van der Waals surface area contributed by atoms with E-state index in [2.05, 4.69) is 46.9 Å². The minimum absolute atomic E-state index is 0.111. The molecule has 152 valence electrons. The predicted molar refractivity (Wildman–Crippen MR) is 116 cm³/mol. The second kappa shape index (κ2) is 9.28. The average molecular weight is 393 g/mol. The molecule has 0 spiro atoms. The summed E-state index contributed by atoms with van der Waals surface area (Å²) in [6.07, 6.45) is 10.4. The van der Waals surface area contributed by atoms with Gasteiger partial charge in [0, 0.05) is 43.0 Å². The normalized spacial score (nSPS) is 16.1. The van der Waals surface area contributed by atoms with Crippen molar-refractivity contribution in [1.29, 1.82) is 0 Å². The maximum atomic E-state index is 12.2. The van der Waals surface area contributed by atoms with E-state index in [0.29, 0.717) is 17.7 Å². The van der Waals surface area contributed by atoms with Gasteiger partial charge >= 0.3 is 0 Å². The summed E-state index contributed by atoms with van der Waals surface area (Å²) in [5.41, 5.74) is 3.87. The van der Waals surface area contributed by atoms with Crippen LogP contribution in [0.2, 0.25) is 0 Å². The number of guanidine groups is 1. The van der Waals surface area contributed by atoms with Gasteiger partial charge in [0.25, 0.3) is 0 Å². The molecule has 7 heteroatoms. The first-order valence-corrected chi connectivity index (χ1v) is 9.89. The van der Waals surface area contributed by atoms with Crippen molar-refractivity contribution < 1.29 is 4.79 Å². The molecule has 1 atom stereocenters. The number of aromatic nitrogens is 2. The molecule has 0 bridgehead atoms. The lowest BCUT2D eigenvalue weighted by Gasteiger charge is -2.24. The molecule has 0 saturated carbocycles. The summed E-state index contributed by atoms with van der Waals surface area (Å²) in [7, 11) is 1.70. The molecule has 3 N–H and O–H groups in total. The Kier molecular flexibility index (Phi) is 6.55. The SMILES string of the molecule is C#Cc1cccc(NC(=O)CNC(=NC)NC2CCc3cn(C(C)C)nc3C2)c1. The third-order valence-electron chi connectivity index (χ3n) is 4.92. The molecule has 1 aliphatic rings. The highest BCUT2D eigenvalue weighted by Gasteiger charge is 2.23. The van der Waals surface area contributed by atoms with Crippen LogP contribution in [0.3, 0.4) is 0 Å². The van der Waals surface area contributed by atoms with Crippen LogP contribution in [0.1, 0.15) is 43.1 Å². The summed E-state index contributed by atoms with van der Waals surface area (Å²) >= 11 is 0. The summed E-state index contributed by atoms with van der Waals surface area (Å²) in [5.74, 6) is 3.00. The summed E-state index contributed by atoms with van der Waals surface area (Å²) in [6, 6.07) is 7.81. The molecule has 7 nitrogen and oxygen atoms in total. The summed E-state index contributed by atoms with van der Waals surface area (Å²) < 4.78 is 2.03. The number of nitrogens with one attached hydrogen (secondary N) is 3.